The zero-order valence-electron chi connectivity index (χ0n) is 12.1. The summed E-state index contributed by atoms with van der Waals surface area (Å²) < 4.78 is 10.8. The van der Waals surface area contributed by atoms with Crippen LogP contribution in [-0.2, 0) is 11.2 Å². The van der Waals surface area contributed by atoms with Gasteiger partial charge in [0.25, 0.3) is 0 Å². The first-order valence-electron chi connectivity index (χ1n) is 6.68. The molecule has 1 N–H and O–H groups in total. The maximum absolute atomic E-state index is 11.4. The molecule has 0 radical (unpaired) electrons. The van der Waals surface area contributed by atoms with Crippen molar-refractivity contribution in [2.45, 2.75) is 19.4 Å². The molecule has 2 aromatic rings. The van der Waals surface area contributed by atoms with Gasteiger partial charge in [0.1, 0.15) is 0 Å². The second-order valence-corrected chi connectivity index (χ2v) is 4.79. The van der Waals surface area contributed by atoms with Crippen LogP contribution >= 0.6 is 0 Å². The van der Waals surface area contributed by atoms with Gasteiger partial charge in [-0.1, -0.05) is 42.0 Å². The summed E-state index contributed by atoms with van der Waals surface area (Å²) in [6, 6.07) is 14.8. The predicted octanol–water partition coefficient (Wildman–Crippen LogP) is 3.08. The minimum atomic E-state index is -0.999. The highest BCUT2D eigenvalue weighted by Crippen LogP contribution is 2.27. The van der Waals surface area contributed by atoms with Crippen molar-refractivity contribution in [2.75, 3.05) is 7.11 Å². The number of rotatable bonds is 6. The average molecular weight is 286 g/mol. The Kier molecular flexibility index (Phi) is 4.82. The number of carboxylic acid groups (broad SMARTS) is 1. The maximum Gasteiger partial charge on any atom is 0.345 e. The maximum atomic E-state index is 11.4. The van der Waals surface area contributed by atoms with Crippen LogP contribution < -0.4 is 9.47 Å². The number of hydrogen-bond donors (Lipinski definition) is 1. The van der Waals surface area contributed by atoms with E-state index < -0.39 is 12.1 Å². The van der Waals surface area contributed by atoms with E-state index >= 15 is 0 Å². The predicted molar refractivity (Wildman–Crippen MR) is 79.9 cm³/mol. The van der Waals surface area contributed by atoms with E-state index in [-0.39, 0.29) is 0 Å². The molecule has 2 rings (SSSR count). The van der Waals surface area contributed by atoms with Gasteiger partial charge in [-0.2, -0.15) is 0 Å². The summed E-state index contributed by atoms with van der Waals surface area (Å²) in [6.07, 6.45) is -0.655. The summed E-state index contributed by atoms with van der Waals surface area (Å²) in [5.74, 6) is -0.0475. The van der Waals surface area contributed by atoms with Gasteiger partial charge in [0, 0.05) is 6.42 Å². The Morgan fingerprint density at radius 1 is 1.10 bits per heavy atom. The number of aliphatic carboxylic acids is 1. The molecule has 21 heavy (non-hydrogen) atoms. The molecule has 0 unspecified atom stereocenters. The molecule has 0 aliphatic rings. The van der Waals surface area contributed by atoms with Gasteiger partial charge in [0.2, 0.25) is 0 Å². The van der Waals surface area contributed by atoms with E-state index in [1.165, 1.54) is 7.11 Å². The molecule has 4 nitrogen and oxygen atoms in total. The molecule has 0 spiro atoms. The van der Waals surface area contributed by atoms with Crippen molar-refractivity contribution < 1.29 is 19.4 Å². The van der Waals surface area contributed by atoms with Crippen molar-refractivity contribution in [1.29, 1.82) is 0 Å². The van der Waals surface area contributed by atoms with Crippen LogP contribution in [0.15, 0.2) is 48.5 Å². The standard InChI is InChI=1S/C17H18O4/c1-12-7-9-13(10-8-12)11-16(17(18)19)21-15-6-4-3-5-14(15)20-2/h3-10,16H,11H2,1-2H3,(H,18,19)/t16-/m1/s1. The average Bonchev–Trinajstić information content (AvgIpc) is 2.49. The molecule has 1 atom stereocenters. The molecule has 110 valence electrons. The van der Waals surface area contributed by atoms with Gasteiger partial charge in [-0.3, -0.25) is 0 Å². The van der Waals surface area contributed by atoms with Gasteiger partial charge in [-0.15, -0.1) is 0 Å². The van der Waals surface area contributed by atoms with Gasteiger partial charge in [0.05, 0.1) is 7.11 Å². The van der Waals surface area contributed by atoms with Gasteiger partial charge in [-0.25, -0.2) is 4.79 Å². The van der Waals surface area contributed by atoms with Crippen LogP contribution in [0.3, 0.4) is 0 Å². The summed E-state index contributed by atoms with van der Waals surface area (Å²) in [5, 5.41) is 9.35. The molecule has 0 fully saturated rings. The lowest BCUT2D eigenvalue weighted by atomic mass is 10.1. The molecule has 0 saturated heterocycles. The smallest absolute Gasteiger partial charge is 0.345 e. The number of carboxylic acids is 1. The van der Waals surface area contributed by atoms with E-state index in [1.54, 1.807) is 24.3 Å². The Hall–Kier alpha value is -2.49. The molecule has 0 aliphatic heterocycles. The molecule has 0 aromatic heterocycles. The van der Waals surface area contributed by atoms with Crippen molar-refractivity contribution in [3.63, 3.8) is 0 Å². The normalized spacial score (nSPS) is 11.7. The van der Waals surface area contributed by atoms with Crippen molar-refractivity contribution in [3.8, 4) is 11.5 Å². The van der Waals surface area contributed by atoms with Crippen LogP contribution in [0.1, 0.15) is 11.1 Å². The third-order valence-corrected chi connectivity index (χ3v) is 3.16. The van der Waals surface area contributed by atoms with Gasteiger partial charge in [0.15, 0.2) is 17.6 Å². The number of benzene rings is 2. The highest BCUT2D eigenvalue weighted by molar-refractivity contribution is 5.73. The van der Waals surface area contributed by atoms with Crippen LogP contribution in [0.25, 0.3) is 0 Å². The van der Waals surface area contributed by atoms with Crippen LogP contribution in [0.2, 0.25) is 0 Å². The first-order chi connectivity index (χ1) is 10.1. The van der Waals surface area contributed by atoms with Crippen LogP contribution in [0.4, 0.5) is 0 Å². The first-order valence-corrected chi connectivity index (χ1v) is 6.68. The topological polar surface area (TPSA) is 55.8 Å². The van der Waals surface area contributed by atoms with Crippen LogP contribution in [-0.4, -0.2) is 24.3 Å². The summed E-state index contributed by atoms with van der Waals surface area (Å²) >= 11 is 0. The Bertz CT molecular complexity index is 604. The minimum absolute atomic E-state index is 0.299. The van der Waals surface area contributed by atoms with E-state index in [0.29, 0.717) is 17.9 Å². The molecular weight excluding hydrogens is 268 g/mol. The van der Waals surface area contributed by atoms with E-state index in [1.807, 2.05) is 31.2 Å². The minimum Gasteiger partial charge on any atom is -0.493 e. The number of methoxy groups -OCH3 is 1. The summed E-state index contributed by atoms with van der Waals surface area (Å²) in [7, 11) is 1.53. The fourth-order valence-electron chi connectivity index (χ4n) is 1.99. The molecule has 0 aliphatic carbocycles. The zero-order valence-corrected chi connectivity index (χ0v) is 12.1. The Balaban J connectivity index is 2.16. The first kappa shape index (κ1) is 14.9. The van der Waals surface area contributed by atoms with Crippen LogP contribution in [0, 0.1) is 6.92 Å². The van der Waals surface area contributed by atoms with E-state index in [0.717, 1.165) is 11.1 Å². The summed E-state index contributed by atoms with van der Waals surface area (Å²) in [5.41, 5.74) is 2.05. The fourth-order valence-corrected chi connectivity index (χ4v) is 1.99. The van der Waals surface area contributed by atoms with Crippen LogP contribution in [0.5, 0.6) is 11.5 Å². The summed E-state index contributed by atoms with van der Waals surface area (Å²) in [6.45, 7) is 1.99. The van der Waals surface area contributed by atoms with Crippen molar-refractivity contribution in [1.82, 2.24) is 0 Å². The van der Waals surface area contributed by atoms with Crippen molar-refractivity contribution >= 4 is 5.97 Å². The van der Waals surface area contributed by atoms with E-state index in [4.69, 9.17) is 9.47 Å². The highest BCUT2D eigenvalue weighted by atomic mass is 16.5. The SMILES string of the molecule is COc1ccccc1O[C@H](Cc1ccc(C)cc1)C(=O)O. The monoisotopic (exact) mass is 286 g/mol. The van der Waals surface area contributed by atoms with Crippen molar-refractivity contribution in [2.24, 2.45) is 0 Å². The van der Waals surface area contributed by atoms with E-state index in [2.05, 4.69) is 0 Å². The number of para-hydroxylation sites is 2. The quantitative estimate of drug-likeness (QED) is 0.886. The molecular formula is C17H18O4. The Morgan fingerprint density at radius 3 is 2.29 bits per heavy atom. The van der Waals surface area contributed by atoms with E-state index in [9.17, 15) is 9.90 Å². The molecule has 0 heterocycles. The molecule has 0 amide bonds. The third-order valence-electron chi connectivity index (χ3n) is 3.16. The number of carbonyl (C=O) groups is 1. The second kappa shape index (κ2) is 6.79. The number of aryl methyl sites for hydroxylation is 1. The third kappa shape index (κ3) is 3.99. The van der Waals surface area contributed by atoms with Gasteiger partial charge in [-0.05, 0) is 24.6 Å². The fraction of sp³-hybridized carbons (Fsp3) is 0.235. The lowest BCUT2D eigenvalue weighted by molar-refractivity contribution is -0.145. The Morgan fingerprint density at radius 2 is 1.71 bits per heavy atom. The van der Waals surface area contributed by atoms with Gasteiger partial charge >= 0.3 is 5.97 Å². The molecule has 2 aromatic carbocycles. The summed E-state index contributed by atoms with van der Waals surface area (Å²) in [4.78, 5) is 11.4. The number of ether oxygens (including phenoxy) is 2. The Labute approximate surface area is 123 Å². The largest absolute Gasteiger partial charge is 0.493 e. The number of hydrogen-bond acceptors (Lipinski definition) is 3. The lowest BCUT2D eigenvalue weighted by Crippen LogP contribution is -2.29. The molecule has 0 bridgehead atoms. The zero-order chi connectivity index (χ0) is 15.2. The highest BCUT2D eigenvalue weighted by Gasteiger charge is 2.21. The van der Waals surface area contributed by atoms with Gasteiger partial charge < -0.3 is 14.6 Å². The molecule has 4 heteroatoms. The van der Waals surface area contributed by atoms with Crippen molar-refractivity contribution in [3.05, 3.63) is 59.7 Å². The second-order valence-electron chi connectivity index (χ2n) is 4.79. The molecule has 0 saturated carbocycles. The lowest BCUT2D eigenvalue weighted by Gasteiger charge is -2.17.